The smallest absolute Gasteiger partial charge is 0.303 e. The van der Waals surface area contributed by atoms with Crippen LogP contribution in [0.3, 0.4) is 0 Å². The number of hydrogen-bond acceptors (Lipinski definition) is 1. The molecule has 4 fully saturated rings. The molecule has 0 bridgehead atoms. The third-order valence-electron chi connectivity index (χ3n) is 11.5. The molecule has 31 heavy (non-hydrogen) atoms. The highest BCUT2D eigenvalue weighted by Crippen LogP contribution is 2.70. The highest BCUT2D eigenvalue weighted by molar-refractivity contribution is 5.67. The van der Waals surface area contributed by atoms with Crippen LogP contribution in [0.2, 0.25) is 0 Å². The van der Waals surface area contributed by atoms with Gasteiger partial charge >= 0.3 is 5.97 Å². The summed E-state index contributed by atoms with van der Waals surface area (Å²) in [6.45, 7) is 12.2. The topological polar surface area (TPSA) is 37.3 Å². The highest BCUT2D eigenvalue weighted by Gasteiger charge is 2.62. The van der Waals surface area contributed by atoms with E-state index in [0.717, 1.165) is 30.1 Å². The van der Waals surface area contributed by atoms with Crippen molar-refractivity contribution in [1.82, 2.24) is 0 Å². The molecule has 0 aromatic rings. The molecular weight excluding hydrogens is 380 g/mol. The fourth-order valence-corrected chi connectivity index (χ4v) is 10.1. The van der Waals surface area contributed by atoms with Gasteiger partial charge in [0.05, 0.1) is 6.42 Å². The van der Waals surface area contributed by atoms with E-state index in [1.54, 1.807) is 0 Å². The molecule has 0 spiro atoms. The van der Waals surface area contributed by atoms with Gasteiger partial charge in [-0.25, -0.2) is 0 Å². The van der Waals surface area contributed by atoms with E-state index in [9.17, 15) is 9.90 Å². The van der Waals surface area contributed by atoms with Gasteiger partial charge in [0.25, 0.3) is 0 Å². The number of carbonyl (C=O) groups is 1. The third-order valence-corrected chi connectivity index (χ3v) is 11.5. The summed E-state index contributed by atoms with van der Waals surface area (Å²) in [6, 6.07) is 0. The number of aliphatic carboxylic acids is 1. The Morgan fingerprint density at radius 3 is 2.42 bits per heavy atom. The van der Waals surface area contributed by atoms with E-state index in [-0.39, 0.29) is 5.41 Å². The van der Waals surface area contributed by atoms with Crippen LogP contribution >= 0.6 is 0 Å². The van der Waals surface area contributed by atoms with E-state index in [1.165, 1.54) is 77.0 Å². The molecule has 4 aliphatic rings. The van der Waals surface area contributed by atoms with Gasteiger partial charge < -0.3 is 5.11 Å². The van der Waals surface area contributed by atoms with Gasteiger partial charge in [0.1, 0.15) is 0 Å². The Balaban J connectivity index is 1.56. The van der Waals surface area contributed by atoms with Crippen LogP contribution in [-0.4, -0.2) is 11.1 Å². The minimum Gasteiger partial charge on any atom is -0.481 e. The lowest BCUT2D eigenvalue weighted by atomic mass is 9.44. The average Bonchev–Trinajstić information content (AvgIpc) is 3.04. The van der Waals surface area contributed by atoms with Crippen molar-refractivity contribution in [3.8, 4) is 0 Å². The lowest BCUT2D eigenvalue weighted by molar-refractivity contribution is -0.145. The van der Waals surface area contributed by atoms with E-state index in [2.05, 4.69) is 34.6 Å². The third kappa shape index (κ3) is 4.12. The molecule has 2 heteroatoms. The minimum absolute atomic E-state index is 0.0387. The molecular formula is C29H50O2. The van der Waals surface area contributed by atoms with Crippen molar-refractivity contribution >= 4 is 5.97 Å². The summed E-state index contributed by atoms with van der Waals surface area (Å²) in [5, 5.41) is 9.85. The second-order valence-corrected chi connectivity index (χ2v) is 13.6. The first-order valence-electron chi connectivity index (χ1n) is 13.8. The van der Waals surface area contributed by atoms with Crippen molar-refractivity contribution in [2.45, 2.75) is 125 Å². The molecule has 4 aliphatic carbocycles. The number of carboxylic acids is 1. The van der Waals surface area contributed by atoms with Gasteiger partial charge in [-0.05, 0) is 110 Å². The predicted octanol–water partition coefficient (Wildman–Crippen LogP) is 8.34. The molecule has 8 atom stereocenters. The Bertz CT molecular complexity index is 655. The minimum atomic E-state index is -0.581. The number of rotatable bonds is 7. The van der Waals surface area contributed by atoms with Gasteiger partial charge in [-0.3, -0.25) is 4.79 Å². The van der Waals surface area contributed by atoms with Gasteiger partial charge in [-0.1, -0.05) is 60.3 Å². The van der Waals surface area contributed by atoms with Crippen molar-refractivity contribution in [3.63, 3.8) is 0 Å². The predicted molar refractivity (Wildman–Crippen MR) is 129 cm³/mol. The van der Waals surface area contributed by atoms with E-state index >= 15 is 0 Å². The largest absolute Gasteiger partial charge is 0.481 e. The Labute approximate surface area is 192 Å². The Hall–Kier alpha value is -0.530. The summed E-state index contributed by atoms with van der Waals surface area (Å²) in [5.74, 6) is 4.39. The first kappa shape index (κ1) is 23.6. The molecule has 0 amide bonds. The van der Waals surface area contributed by atoms with Crippen molar-refractivity contribution in [1.29, 1.82) is 0 Å². The van der Waals surface area contributed by atoms with E-state index in [0.29, 0.717) is 29.1 Å². The lowest BCUT2D eigenvalue weighted by Crippen LogP contribution is -2.53. The zero-order valence-corrected chi connectivity index (χ0v) is 21.2. The zero-order valence-electron chi connectivity index (χ0n) is 21.2. The zero-order chi connectivity index (χ0) is 22.4. The first-order chi connectivity index (χ1) is 14.6. The molecule has 0 aromatic carbocycles. The van der Waals surface area contributed by atoms with Crippen LogP contribution < -0.4 is 0 Å². The maximum absolute atomic E-state index is 12.0. The normalized spacial score (nSPS) is 44.3. The molecule has 4 rings (SSSR count). The number of fused-ring (bicyclic) bond motifs is 5. The van der Waals surface area contributed by atoms with Crippen LogP contribution in [0.15, 0.2) is 0 Å². The molecule has 0 saturated heterocycles. The Kier molecular flexibility index (Phi) is 6.61. The van der Waals surface area contributed by atoms with Gasteiger partial charge in [0.15, 0.2) is 0 Å². The SMILES string of the molecule is CC(C)CCCC(C)(CC(=O)O)[C@H]1CC[C@H]2[C@@H]3CCC4CCCC[C@]4(C)[C@H]3CC[C@]12C. The van der Waals surface area contributed by atoms with Gasteiger partial charge in [-0.2, -0.15) is 0 Å². The second kappa shape index (κ2) is 8.68. The number of carboxylic acid groups (broad SMARTS) is 1. The van der Waals surface area contributed by atoms with E-state index in [4.69, 9.17) is 0 Å². The van der Waals surface area contributed by atoms with Crippen LogP contribution in [0.1, 0.15) is 125 Å². The lowest BCUT2D eigenvalue weighted by Gasteiger charge is -2.61. The van der Waals surface area contributed by atoms with Crippen molar-refractivity contribution in [3.05, 3.63) is 0 Å². The Morgan fingerprint density at radius 2 is 1.71 bits per heavy atom. The highest BCUT2D eigenvalue weighted by atomic mass is 16.4. The van der Waals surface area contributed by atoms with Crippen LogP contribution in [0.4, 0.5) is 0 Å². The standard InChI is InChI=1S/C29H50O2/c1-20(2)9-8-16-27(3,19-26(30)31)25-14-13-23-22-12-11-21-10-6-7-17-28(21,4)24(22)15-18-29(23,25)5/h20-25H,6-19H2,1-5H3,(H,30,31)/t21?,22-,23-,24-,25+,27?,28-,29-/m0/s1. The maximum atomic E-state index is 12.0. The summed E-state index contributed by atoms with van der Waals surface area (Å²) in [4.78, 5) is 12.0. The molecule has 0 aliphatic heterocycles. The van der Waals surface area contributed by atoms with Crippen LogP contribution in [0.5, 0.6) is 0 Å². The molecule has 0 radical (unpaired) electrons. The number of hydrogen-bond donors (Lipinski definition) is 1. The van der Waals surface area contributed by atoms with Crippen molar-refractivity contribution < 1.29 is 9.90 Å². The summed E-state index contributed by atoms with van der Waals surface area (Å²) in [6.07, 6.45) is 18.1. The fourth-order valence-electron chi connectivity index (χ4n) is 10.1. The molecule has 4 saturated carbocycles. The van der Waals surface area contributed by atoms with E-state index < -0.39 is 5.97 Å². The average molecular weight is 431 g/mol. The summed E-state index contributed by atoms with van der Waals surface area (Å²) < 4.78 is 0. The van der Waals surface area contributed by atoms with Gasteiger partial charge in [0, 0.05) is 0 Å². The van der Waals surface area contributed by atoms with Crippen LogP contribution in [-0.2, 0) is 4.79 Å². The first-order valence-corrected chi connectivity index (χ1v) is 13.8. The fraction of sp³-hybridized carbons (Fsp3) is 0.966. The maximum Gasteiger partial charge on any atom is 0.303 e. The molecule has 1 N–H and O–H groups in total. The van der Waals surface area contributed by atoms with E-state index in [1.807, 2.05) is 0 Å². The monoisotopic (exact) mass is 430 g/mol. The molecule has 178 valence electrons. The summed E-state index contributed by atoms with van der Waals surface area (Å²) >= 11 is 0. The Morgan fingerprint density at radius 1 is 0.968 bits per heavy atom. The molecule has 2 unspecified atom stereocenters. The van der Waals surface area contributed by atoms with Gasteiger partial charge in [0.2, 0.25) is 0 Å². The van der Waals surface area contributed by atoms with Crippen molar-refractivity contribution in [2.24, 2.45) is 51.8 Å². The molecule has 0 heterocycles. The second-order valence-electron chi connectivity index (χ2n) is 13.6. The molecule has 2 nitrogen and oxygen atoms in total. The summed E-state index contributed by atoms with van der Waals surface area (Å²) in [7, 11) is 0. The van der Waals surface area contributed by atoms with Crippen LogP contribution in [0, 0.1) is 51.8 Å². The molecule has 0 aromatic heterocycles. The van der Waals surface area contributed by atoms with Crippen LogP contribution in [0.25, 0.3) is 0 Å². The van der Waals surface area contributed by atoms with Crippen molar-refractivity contribution in [2.75, 3.05) is 0 Å². The summed E-state index contributed by atoms with van der Waals surface area (Å²) in [5.41, 5.74) is 0.923. The van der Waals surface area contributed by atoms with Gasteiger partial charge in [-0.15, -0.1) is 0 Å². The quantitative estimate of drug-likeness (QED) is 0.440.